The molecule has 1 heterocycles. The Hall–Kier alpha value is -1.22. The molecule has 0 atom stereocenters. The highest BCUT2D eigenvalue weighted by Crippen LogP contribution is 2.28. The minimum absolute atomic E-state index is 0. The lowest BCUT2D eigenvalue weighted by atomic mass is 10.1. The van der Waals surface area contributed by atoms with Gasteiger partial charge < -0.3 is 25.0 Å². The van der Waals surface area contributed by atoms with Crippen molar-refractivity contribution in [3.63, 3.8) is 0 Å². The predicted molar refractivity (Wildman–Crippen MR) is 132 cm³/mol. The van der Waals surface area contributed by atoms with Crippen molar-refractivity contribution >= 4 is 29.9 Å². The Morgan fingerprint density at radius 1 is 1.00 bits per heavy atom. The molecule has 1 saturated heterocycles. The number of rotatable bonds is 12. The number of nitrogens with one attached hydrogen (secondary N) is 2. The minimum Gasteiger partial charge on any atom is -0.490 e. The summed E-state index contributed by atoms with van der Waals surface area (Å²) in [5, 5.41) is 6.81. The number of likely N-dealkylation sites (tertiary alicyclic amines) is 1. The minimum atomic E-state index is 0. The molecule has 0 aliphatic carbocycles. The third-order valence-corrected chi connectivity index (χ3v) is 4.93. The summed E-state index contributed by atoms with van der Waals surface area (Å²) >= 11 is 0. The molecular formula is C22H39IN4O2. The fourth-order valence-electron chi connectivity index (χ4n) is 3.47. The normalized spacial score (nSPS) is 14.4. The van der Waals surface area contributed by atoms with Crippen LogP contribution in [0.3, 0.4) is 0 Å². The molecule has 6 nitrogen and oxygen atoms in total. The second-order valence-corrected chi connectivity index (χ2v) is 7.08. The van der Waals surface area contributed by atoms with E-state index in [0.717, 1.165) is 37.0 Å². The molecule has 7 heteroatoms. The topological polar surface area (TPSA) is 58.1 Å². The van der Waals surface area contributed by atoms with E-state index in [-0.39, 0.29) is 24.0 Å². The van der Waals surface area contributed by atoms with Crippen molar-refractivity contribution in [2.24, 2.45) is 4.99 Å². The molecule has 29 heavy (non-hydrogen) atoms. The quantitative estimate of drug-likeness (QED) is 0.191. The van der Waals surface area contributed by atoms with Gasteiger partial charge in [-0.05, 0) is 83.3 Å². The van der Waals surface area contributed by atoms with Crippen LogP contribution in [0.5, 0.6) is 11.5 Å². The Morgan fingerprint density at radius 2 is 1.69 bits per heavy atom. The van der Waals surface area contributed by atoms with Crippen LogP contribution >= 0.6 is 24.0 Å². The van der Waals surface area contributed by atoms with Gasteiger partial charge in [0, 0.05) is 20.1 Å². The van der Waals surface area contributed by atoms with E-state index in [0.29, 0.717) is 13.2 Å². The summed E-state index contributed by atoms with van der Waals surface area (Å²) in [5.41, 5.74) is 1.22. The average molecular weight is 518 g/mol. The molecule has 0 bridgehead atoms. The maximum absolute atomic E-state index is 5.71. The van der Waals surface area contributed by atoms with Crippen molar-refractivity contribution in [2.45, 2.75) is 46.0 Å². The zero-order valence-corrected chi connectivity index (χ0v) is 20.7. The van der Waals surface area contributed by atoms with Gasteiger partial charge in [0.15, 0.2) is 17.5 Å². The van der Waals surface area contributed by atoms with Crippen molar-refractivity contribution in [2.75, 3.05) is 53.0 Å². The number of guanidine groups is 1. The van der Waals surface area contributed by atoms with E-state index in [9.17, 15) is 0 Å². The standard InChI is InChI=1S/C22H38N4O2.HI/c1-4-27-20-11-10-19(18-21(20)28-5-2)12-14-25-22(23-3)24-13-6-7-15-26-16-8-9-17-26;/h10-11,18H,4-9,12-17H2,1-3H3,(H2,23,24,25);1H. The number of aliphatic imine (C=N–C) groups is 1. The van der Waals surface area contributed by atoms with Crippen LogP contribution < -0.4 is 20.1 Å². The maximum atomic E-state index is 5.71. The summed E-state index contributed by atoms with van der Waals surface area (Å²) in [7, 11) is 1.82. The molecule has 1 aliphatic heterocycles. The van der Waals surface area contributed by atoms with Crippen LogP contribution in [0.4, 0.5) is 0 Å². The van der Waals surface area contributed by atoms with Gasteiger partial charge in [-0.15, -0.1) is 24.0 Å². The van der Waals surface area contributed by atoms with Crippen LogP contribution in [-0.2, 0) is 6.42 Å². The smallest absolute Gasteiger partial charge is 0.190 e. The Balaban J connectivity index is 0.00000420. The van der Waals surface area contributed by atoms with Crippen LogP contribution in [0, 0.1) is 0 Å². The van der Waals surface area contributed by atoms with Gasteiger partial charge in [-0.3, -0.25) is 4.99 Å². The molecule has 1 aliphatic rings. The highest BCUT2D eigenvalue weighted by Gasteiger charge is 2.10. The van der Waals surface area contributed by atoms with Gasteiger partial charge in [-0.2, -0.15) is 0 Å². The summed E-state index contributed by atoms with van der Waals surface area (Å²) in [6.45, 7) is 10.8. The number of hydrogen-bond donors (Lipinski definition) is 2. The predicted octanol–water partition coefficient (Wildman–Crippen LogP) is 3.69. The summed E-state index contributed by atoms with van der Waals surface area (Å²) < 4.78 is 11.3. The summed E-state index contributed by atoms with van der Waals surface area (Å²) in [6.07, 6.45) is 6.07. The number of ether oxygens (including phenoxy) is 2. The van der Waals surface area contributed by atoms with Gasteiger partial charge in [0.05, 0.1) is 13.2 Å². The molecule has 0 radical (unpaired) electrons. The van der Waals surface area contributed by atoms with Crippen molar-refractivity contribution in [3.05, 3.63) is 23.8 Å². The molecule has 0 unspecified atom stereocenters. The molecule has 0 spiro atoms. The Morgan fingerprint density at radius 3 is 2.38 bits per heavy atom. The summed E-state index contributed by atoms with van der Waals surface area (Å²) in [4.78, 5) is 6.89. The lowest BCUT2D eigenvalue weighted by molar-refractivity contribution is 0.287. The molecular weight excluding hydrogens is 479 g/mol. The number of hydrogen-bond acceptors (Lipinski definition) is 4. The molecule has 2 rings (SSSR count). The van der Waals surface area contributed by atoms with Crippen LogP contribution in [0.1, 0.15) is 45.1 Å². The average Bonchev–Trinajstić information content (AvgIpc) is 3.22. The third-order valence-electron chi connectivity index (χ3n) is 4.93. The van der Waals surface area contributed by atoms with Gasteiger partial charge in [0.1, 0.15) is 0 Å². The van der Waals surface area contributed by atoms with Gasteiger partial charge >= 0.3 is 0 Å². The van der Waals surface area contributed by atoms with Crippen molar-refractivity contribution in [3.8, 4) is 11.5 Å². The van der Waals surface area contributed by atoms with Crippen LogP contribution in [-0.4, -0.2) is 63.8 Å². The summed E-state index contributed by atoms with van der Waals surface area (Å²) in [6, 6.07) is 6.17. The fourth-order valence-corrected chi connectivity index (χ4v) is 3.47. The Bertz CT molecular complexity index is 592. The van der Waals surface area contributed by atoms with Gasteiger partial charge in [-0.25, -0.2) is 0 Å². The second-order valence-electron chi connectivity index (χ2n) is 7.08. The first-order valence-electron chi connectivity index (χ1n) is 10.8. The van der Waals surface area contributed by atoms with E-state index in [1.807, 2.05) is 27.0 Å². The van der Waals surface area contributed by atoms with E-state index in [1.54, 1.807) is 0 Å². The monoisotopic (exact) mass is 518 g/mol. The third kappa shape index (κ3) is 9.89. The van der Waals surface area contributed by atoms with E-state index in [2.05, 4.69) is 32.7 Å². The van der Waals surface area contributed by atoms with Gasteiger partial charge in [0.2, 0.25) is 0 Å². The van der Waals surface area contributed by atoms with E-state index in [4.69, 9.17) is 9.47 Å². The van der Waals surface area contributed by atoms with Crippen molar-refractivity contribution in [1.29, 1.82) is 0 Å². The summed E-state index contributed by atoms with van der Waals surface area (Å²) in [5.74, 6) is 2.51. The molecule has 0 aromatic heterocycles. The number of benzene rings is 1. The van der Waals surface area contributed by atoms with Gasteiger partial charge in [0.25, 0.3) is 0 Å². The lowest BCUT2D eigenvalue weighted by Crippen LogP contribution is -2.38. The molecule has 166 valence electrons. The second kappa shape index (κ2) is 15.6. The zero-order valence-electron chi connectivity index (χ0n) is 18.3. The SMILES string of the molecule is CCOc1ccc(CCNC(=NC)NCCCCN2CCCC2)cc1OCC.I. The first-order chi connectivity index (χ1) is 13.8. The highest BCUT2D eigenvalue weighted by molar-refractivity contribution is 14.0. The molecule has 1 aromatic carbocycles. The van der Waals surface area contributed by atoms with Crippen molar-refractivity contribution < 1.29 is 9.47 Å². The van der Waals surface area contributed by atoms with Crippen LogP contribution in [0.2, 0.25) is 0 Å². The first-order valence-corrected chi connectivity index (χ1v) is 10.8. The Labute approximate surface area is 193 Å². The maximum Gasteiger partial charge on any atom is 0.190 e. The fraction of sp³-hybridized carbons (Fsp3) is 0.682. The first kappa shape index (κ1) is 25.8. The molecule has 1 aromatic rings. The highest BCUT2D eigenvalue weighted by atomic mass is 127. The molecule has 1 fully saturated rings. The Kier molecular flexibility index (Phi) is 13.9. The zero-order chi connectivity index (χ0) is 20.0. The molecule has 0 saturated carbocycles. The number of nitrogens with zero attached hydrogens (tertiary/aromatic N) is 2. The molecule has 2 N–H and O–H groups in total. The number of unbranched alkanes of at least 4 members (excludes halogenated alkanes) is 1. The molecule has 0 amide bonds. The van der Waals surface area contributed by atoms with Crippen LogP contribution in [0.15, 0.2) is 23.2 Å². The van der Waals surface area contributed by atoms with E-state index >= 15 is 0 Å². The van der Waals surface area contributed by atoms with Crippen molar-refractivity contribution in [1.82, 2.24) is 15.5 Å². The van der Waals surface area contributed by atoms with E-state index < -0.39 is 0 Å². The number of halogens is 1. The lowest BCUT2D eigenvalue weighted by Gasteiger charge is -2.15. The van der Waals surface area contributed by atoms with E-state index in [1.165, 1.54) is 50.9 Å². The van der Waals surface area contributed by atoms with Crippen LogP contribution in [0.25, 0.3) is 0 Å². The largest absolute Gasteiger partial charge is 0.490 e. The van der Waals surface area contributed by atoms with Gasteiger partial charge in [-0.1, -0.05) is 6.07 Å².